The minimum Gasteiger partial charge on any atom is -0.300 e. The van der Waals surface area contributed by atoms with Crippen molar-refractivity contribution < 1.29 is 0 Å². The summed E-state index contributed by atoms with van der Waals surface area (Å²) in [5.74, 6) is 2.02. The van der Waals surface area contributed by atoms with Gasteiger partial charge < -0.3 is 0 Å². The highest BCUT2D eigenvalue weighted by Crippen LogP contribution is 2.43. The largest absolute Gasteiger partial charge is 0.300 e. The SMILES string of the molecule is C=CCC1CCC2C(CCCCC)CCCC2N1C. The van der Waals surface area contributed by atoms with Crippen LogP contribution in [0.3, 0.4) is 0 Å². The summed E-state index contributed by atoms with van der Waals surface area (Å²) in [5, 5.41) is 0. The Labute approximate surface area is 120 Å². The molecule has 1 heterocycles. The molecule has 0 amide bonds. The Hall–Kier alpha value is -0.300. The Morgan fingerprint density at radius 3 is 2.74 bits per heavy atom. The van der Waals surface area contributed by atoms with Gasteiger partial charge in [-0.3, -0.25) is 4.90 Å². The van der Waals surface area contributed by atoms with Gasteiger partial charge in [0.05, 0.1) is 0 Å². The van der Waals surface area contributed by atoms with Crippen molar-refractivity contribution in [3.63, 3.8) is 0 Å². The van der Waals surface area contributed by atoms with Crippen LogP contribution >= 0.6 is 0 Å². The van der Waals surface area contributed by atoms with Crippen molar-refractivity contribution in [2.75, 3.05) is 7.05 Å². The summed E-state index contributed by atoms with van der Waals surface area (Å²) in [5.41, 5.74) is 0. The number of likely N-dealkylation sites (tertiary alicyclic amines) is 1. The minimum absolute atomic E-state index is 0.771. The Morgan fingerprint density at radius 1 is 1.16 bits per heavy atom. The number of nitrogens with zero attached hydrogens (tertiary/aromatic N) is 1. The van der Waals surface area contributed by atoms with Crippen LogP contribution in [0.5, 0.6) is 0 Å². The highest BCUT2D eigenvalue weighted by Gasteiger charge is 2.40. The monoisotopic (exact) mass is 263 g/mol. The zero-order valence-electron chi connectivity index (χ0n) is 13.1. The van der Waals surface area contributed by atoms with Crippen molar-refractivity contribution in [2.24, 2.45) is 11.8 Å². The molecule has 2 rings (SSSR count). The van der Waals surface area contributed by atoms with E-state index in [1.165, 1.54) is 64.2 Å². The predicted octanol–water partition coefficient (Wildman–Crippen LogP) is 5.02. The smallest absolute Gasteiger partial charge is 0.0130 e. The van der Waals surface area contributed by atoms with Crippen LogP contribution in [0.2, 0.25) is 0 Å². The molecule has 1 nitrogen and oxygen atoms in total. The zero-order valence-corrected chi connectivity index (χ0v) is 13.1. The van der Waals surface area contributed by atoms with Crippen LogP contribution in [-0.2, 0) is 0 Å². The topological polar surface area (TPSA) is 3.24 Å². The van der Waals surface area contributed by atoms with Crippen molar-refractivity contribution in [1.29, 1.82) is 0 Å². The molecule has 1 heteroatoms. The highest BCUT2D eigenvalue weighted by molar-refractivity contribution is 4.95. The molecular formula is C18H33N. The maximum atomic E-state index is 3.93. The summed E-state index contributed by atoms with van der Waals surface area (Å²) < 4.78 is 0. The van der Waals surface area contributed by atoms with E-state index in [1.807, 2.05) is 0 Å². The summed E-state index contributed by atoms with van der Waals surface area (Å²) in [6.45, 7) is 6.25. The fourth-order valence-corrected chi connectivity index (χ4v) is 4.62. The molecule has 0 bridgehead atoms. The number of hydrogen-bond donors (Lipinski definition) is 0. The van der Waals surface area contributed by atoms with Crippen molar-refractivity contribution >= 4 is 0 Å². The average Bonchev–Trinajstić information content (AvgIpc) is 2.43. The second-order valence-corrected chi connectivity index (χ2v) is 6.84. The molecule has 2 aliphatic rings. The highest BCUT2D eigenvalue weighted by atomic mass is 15.2. The first-order valence-electron chi connectivity index (χ1n) is 8.60. The van der Waals surface area contributed by atoms with E-state index in [4.69, 9.17) is 0 Å². The van der Waals surface area contributed by atoms with E-state index in [-0.39, 0.29) is 0 Å². The van der Waals surface area contributed by atoms with E-state index in [1.54, 1.807) is 0 Å². The maximum absolute atomic E-state index is 3.93. The van der Waals surface area contributed by atoms with Gasteiger partial charge in [0.25, 0.3) is 0 Å². The van der Waals surface area contributed by atoms with Crippen LogP contribution in [-0.4, -0.2) is 24.0 Å². The van der Waals surface area contributed by atoms with Gasteiger partial charge in [0, 0.05) is 12.1 Å². The Morgan fingerprint density at radius 2 is 2.00 bits per heavy atom. The van der Waals surface area contributed by atoms with Gasteiger partial charge >= 0.3 is 0 Å². The van der Waals surface area contributed by atoms with Crippen molar-refractivity contribution in [3.8, 4) is 0 Å². The van der Waals surface area contributed by atoms with Crippen LogP contribution in [0.25, 0.3) is 0 Å². The first-order chi connectivity index (χ1) is 9.27. The molecule has 1 aliphatic carbocycles. The molecule has 0 spiro atoms. The molecule has 1 aliphatic heterocycles. The van der Waals surface area contributed by atoms with Crippen molar-refractivity contribution in [3.05, 3.63) is 12.7 Å². The minimum atomic E-state index is 0.771. The van der Waals surface area contributed by atoms with Crippen molar-refractivity contribution in [2.45, 2.75) is 83.2 Å². The molecule has 2 fully saturated rings. The van der Waals surface area contributed by atoms with Gasteiger partial charge in [-0.15, -0.1) is 6.58 Å². The van der Waals surface area contributed by atoms with E-state index in [0.717, 1.165) is 23.9 Å². The molecule has 0 aromatic carbocycles. The molecule has 4 unspecified atom stereocenters. The van der Waals surface area contributed by atoms with Crippen LogP contribution in [0.4, 0.5) is 0 Å². The standard InChI is InChI=1S/C18H33N/c1-4-6-7-10-15-11-8-12-18-17(15)14-13-16(9-5-2)19(18)3/h5,15-18H,2,4,6-14H2,1,3H3. The lowest BCUT2D eigenvalue weighted by Gasteiger charge is -2.50. The third-order valence-corrected chi connectivity index (χ3v) is 5.72. The fraction of sp³-hybridized carbons (Fsp3) is 0.889. The predicted molar refractivity (Wildman–Crippen MR) is 84.4 cm³/mol. The summed E-state index contributed by atoms with van der Waals surface area (Å²) in [6, 6.07) is 1.65. The van der Waals surface area contributed by atoms with Gasteiger partial charge in [-0.2, -0.15) is 0 Å². The van der Waals surface area contributed by atoms with Crippen LogP contribution in [0, 0.1) is 11.8 Å². The van der Waals surface area contributed by atoms with Gasteiger partial charge in [0.2, 0.25) is 0 Å². The van der Waals surface area contributed by atoms with E-state index < -0.39 is 0 Å². The number of unbranched alkanes of at least 4 members (excludes halogenated alkanes) is 2. The van der Waals surface area contributed by atoms with E-state index in [2.05, 4.69) is 31.5 Å². The second-order valence-electron chi connectivity index (χ2n) is 6.84. The first kappa shape index (κ1) is 15.1. The van der Waals surface area contributed by atoms with Crippen LogP contribution in [0.15, 0.2) is 12.7 Å². The van der Waals surface area contributed by atoms with Crippen LogP contribution in [0.1, 0.15) is 71.1 Å². The molecule has 0 aromatic heterocycles. The zero-order chi connectivity index (χ0) is 13.7. The fourth-order valence-electron chi connectivity index (χ4n) is 4.62. The van der Waals surface area contributed by atoms with Crippen molar-refractivity contribution in [1.82, 2.24) is 4.90 Å². The maximum Gasteiger partial charge on any atom is 0.0130 e. The van der Waals surface area contributed by atoms with Gasteiger partial charge in [0.1, 0.15) is 0 Å². The average molecular weight is 263 g/mol. The molecule has 110 valence electrons. The van der Waals surface area contributed by atoms with Gasteiger partial charge in [0.15, 0.2) is 0 Å². The molecule has 0 aromatic rings. The molecule has 0 radical (unpaired) electrons. The quantitative estimate of drug-likeness (QED) is 0.480. The number of hydrogen-bond acceptors (Lipinski definition) is 1. The normalized spacial score (nSPS) is 35.9. The van der Waals surface area contributed by atoms with E-state index in [0.29, 0.717) is 0 Å². The molecule has 1 saturated heterocycles. The lowest BCUT2D eigenvalue weighted by atomic mass is 9.68. The summed E-state index contributed by atoms with van der Waals surface area (Å²) >= 11 is 0. The summed E-state index contributed by atoms with van der Waals surface area (Å²) in [7, 11) is 2.37. The lowest BCUT2D eigenvalue weighted by molar-refractivity contribution is 0.00401. The molecular weight excluding hydrogens is 230 g/mol. The molecule has 0 N–H and O–H groups in total. The summed E-state index contributed by atoms with van der Waals surface area (Å²) in [6.07, 6.45) is 16.3. The third-order valence-electron chi connectivity index (χ3n) is 5.72. The number of fused-ring (bicyclic) bond motifs is 1. The van der Waals surface area contributed by atoms with Crippen LogP contribution < -0.4 is 0 Å². The third kappa shape index (κ3) is 3.62. The van der Waals surface area contributed by atoms with E-state index in [9.17, 15) is 0 Å². The van der Waals surface area contributed by atoms with Gasteiger partial charge in [-0.05, 0) is 44.6 Å². The Balaban J connectivity index is 1.92. The number of piperidine rings is 1. The van der Waals surface area contributed by atoms with E-state index >= 15 is 0 Å². The second kappa shape index (κ2) is 7.47. The Bertz CT molecular complexity index is 273. The molecule has 19 heavy (non-hydrogen) atoms. The number of rotatable bonds is 6. The summed E-state index contributed by atoms with van der Waals surface area (Å²) in [4.78, 5) is 2.71. The lowest BCUT2D eigenvalue weighted by Crippen LogP contribution is -2.52. The first-order valence-corrected chi connectivity index (χ1v) is 8.60. The molecule has 4 atom stereocenters. The van der Waals surface area contributed by atoms with Gasteiger partial charge in [-0.1, -0.05) is 51.5 Å². The van der Waals surface area contributed by atoms with Gasteiger partial charge in [-0.25, -0.2) is 0 Å². The molecule has 1 saturated carbocycles. The Kier molecular flexibility index (Phi) is 5.94.